The molecule has 3 aliphatic rings. The number of fused-ring (bicyclic) bond motifs is 2. The molecule has 1 spiro atoms. The van der Waals surface area contributed by atoms with Crippen molar-refractivity contribution in [2.24, 2.45) is 0 Å². The molecule has 3 aromatic carbocycles. The van der Waals surface area contributed by atoms with Crippen LogP contribution in [0, 0.1) is 0 Å². The van der Waals surface area contributed by atoms with Gasteiger partial charge in [0.2, 0.25) is 0 Å². The summed E-state index contributed by atoms with van der Waals surface area (Å²) in [6.07, 6.45) is 4.02. The molecule has 0 atom stereocenters. The van der Waals surface area contributed by atoms with Gasteiger partial charge in [-0.3, -0.25) is 0 Å². The van der Waals surface area contributed by atoms with Crippen LogP contribution in [0.25, 0.3) is 0 Å². The number of nitrogens with zero attached hydrogens (tertiary/aromatic N) is 1. The van der Waals surface area contributed by atoms with Crippen molar-refractivity contribution in [2.75, 3.05) is 0 Å². The molecule has 6 heteroatoms. The van der Waals surface area contributed by atoms with E-state index in [0.29, 0.717) is 0 Å². The van der Waals surface area contributed by atoms with E-state index in [1.165, 1.54) is 0 Å². The Kier molecular flexibility index (Phi) is 3.91. The van der Waals surface area contributed by atoms with Crippen LogP contribution in [0.15, 0.2) is 113 Å². The molecule has 0 aromatic heterocycles. The average molecular weight is 472 g/mol. The second-order valence-electron chi connectivity index (χ2n) is 8.84. The van der Waals surface area contributed by atoms with E-state index < -0.39 is 6.67 Å². The predicted octanol–water partition coefficient (Wildman–Crippen LogP) is 5.93. The van der Waals surface area contributed by atoms with Crippen molar-refractivity contribution in [1.29, 1.82) is 0 Å². The maximum absolute atomic E-state index is 7.36. The van der Waals surface area contributed by atoms with Crippen LogP contribution in [-0.2, 0) is 8.85 Å². The quantitative estimate of drug-likeness (QED) is 0.343. The minimum atomic E-state index is -5.35. The molecule has 166 valence electrons. The molecule has 3 aliphatic heterocycles. The molecule has 0 N–H and O–H groups in total. The Bertz CT molecular complexity index is 1450. The molecular weight excluding hydrogens is 446 g/mol. The Labute approximate surface area is 197 Å². The first kappa shape index (κ1) is 20.3. The van der Waals surface area contributed by atoms with E-state index in [9.17, 15) is 0 Å². The first-order valence-electron chi connectivity index (χ1n) is 11.1. The normalized spacial score (nSPS) is 23.2. The molecule has 6 rings (SSSR count). The van der Waals surface area contributed by atoms with Gasteiger partial charge >= 0.3 is 197 Å². The first-order valence-corrected chi connectivity index (χ1v) is 15.3. The molecule has 3 heterocycles. The Balaban J connectivity index is 1.86. The fourth-order valence-electron chi connectivity index (χ4n) is 5.56. The third kappa shape index (κ3) is 2.42. The second-order valence-corrected chi connectivity index (χ2v) is 17.2. The number of hydrogen-bond acceptors (Lipinski definition) is 3. The summed E-state index contributed by atoms with van der Waals surface area (Å²) in [5.74, 6) is 2.25. The molecule has 0 bridgehead atoms. The van der Waals surface area contributed by atoms with Crippen molar-refractivity contribution in [3.8, 4) is 0 Å². The van der Waals surface area contributed by atoms with Crippen molar-refractivity contribution >= 4 is 40.2 Å². The zero-order valence-corrected chi connectivity index (χ0v) is 20.6. The van der Waals surface area contributed by atoms with Gasteiger partial charge in [-0.15, -0.1) is 0 Å². The third-order valence-corrected chi connectivity index (χ3v) is 16.8. The Morgan fingerprint density at radius 2 is 1.33 bits per heavy atom. The van der Waals surface area contributed by atoms with E-state index in [1.54, 1.807) is 11.2 Å². The third-order valence-electron chi connectivity index (χ3n) is 6.54. The van der Waals surface area contributed by atoms with Crippen LogP contribution in [0.3, 0.4) is 0 Å². The standard InChI is InChI=1S/C27H25NO3SSi/c1-20-18-21(2)29-33(24-14-8-5-9-15-24,28(20)25-16-10-11-17-27(25)32-33)30-22(3)19-26(31-33)23-12-6-4-7-13-23/h4-19H,1-3H3. The average Bonchev–Trinajstić information content (AvgIpc) is 3.08. The molecule has 4 nitrogen and oxygen atoms in total. The van der Waals surface area contributed by atoms with Crippen LogP contribution in [0.4, 0.5) is 5.69 Å². The fourth-order valence-corrected chi connectivity index (χ4v) is 17.6. The molecule has 0 unspecified atom stereocenters. The minimum absolute atomic E-state index is 0.737. The number of para-hydroxylation sites is 1. The zero-order valence-electron chi connectivity index (χ0n) is 18.8. The van der Waals surface area contributed by atoms with Crippen LogP contribution >= 0.6 is 11.2 Å². The van der Waals surface area contributed by atoms with E-state index in [2.05, 4.69) is 53.6 Å². The molecule has 0 fully saturated rings. The van der Waals surface area contributed by atoms with Crippen LogP contribution in [0.2, 0.25) is 0 Å². The molecule has 0 saturated heterocycles. The van der Waals surface area contributed by atoms with Crippen LogP contribution < -0.4 is 5.19 Å². The summed E-state index contributed by atoms with van der Waals surface area (Å²) in [6, 6.07) is 28.7. The summed E-state index contributed by atoms with van der Waals surface area (Å²) in [5, 5.41) is 0.890. The summed E-state index contributed by atoms with van der Waals surface area (Å²) >= 11 is 1.59. The van der Waals surface area contributed by atoms with E-state index in [1.807, 2.05) is 68.5 Å². The molecule has 0 amide bonds. The summed E-state index contributed by atoms with van der Waals surface area (Å²) in [5.41, 5.74) is 3.02. The van der Waals surface area contributed by atoms with Crippen LogP contribution in [0.1, 0.15) is 30.4 Å². The van der Waals surface area contributed by atoms with Gasteiger partial charge in [-0.2, -0.15) is 0 Å². The maximum atomic E-state index is 7.36. The first-order chi connectivity index (χ1) is 15.9. The SMILES string of the molecule is CC1=CC(c2ccccc2)=[O+][Si-2]23(c4ccccc4)(O1)OC(C)=CC(C)=[N+]2c1ccccc1S3. The number of benzene rings is 3. The van der Waals surface area contributed by atoms with Gasteiger partial charge in [0.05, 0.1) is 0 Å². The van der Waals surface area contributed by atoms with E-state index in [-0.39, 0.29) is 0 Å². The van der Waals surface area contributed by atoms with Gasteiger partial charge < -0.3 is 0 Å². The van der Waals surface area contributed by atoms with Crippen molar-refractivity contribution in [3.63, 3.8) is 0 Å². The monoisotopic (exact) mass is 471 g/mol. The van der Waals surface area contributed by atoms with Crippen molar-refractivity contribution < 1.29 is 17.2 Å². The summed E-state index contributed by atoms with van der Waals surface area (Å²) in [4.78, 5) is 1.07. The molecule has 0 aliphatic carbocycles. The Morgan fingerprint density at radius 1 is 0.727 bits per heavy atom. The fraction of sp³-hybridized carbons (Fsp3) is 0.111. The Morgan fingerprint density at radius 3 is 2.06 bits per heavy atom. The van der Waals surface area contributed by atoms with E-state index >= 15 is 0 Å². The molecule has 3 aromatic rings. The van der Waals surface area contributed by atoms with Crippen molar-refractivity contribution in [1.82, 2.24) is 0 Å². The van der Waals surface area contributed by atoms with Crippen LogP contribution in [-0.4, -0.2) is 22.4 Å². The zero-order chi connectivity index (χ0) is 22.7. The number of ketones is 1. The summed E-state index contributed by atoms with van der Waals surface area (Å²) in [6.45, 7) is 0.710. The number of hydrogen-bond donors (Lipinski definition) is 0. The number of rotatable bonds is 2. The Hall–Kier alpha value is -3.35. The van der Waals surface area contributed by atoms with Gasteiger partial charge in [-0.1, -0.05) is 0 Å². The van der Waals surface area contributed by atoms with Crippen molar-refractivity contribution in [3.05, 3.63) is 114 Å². The van der Waals surface area contributed by atoms with E-state index in [4.69, 9.17) is 13.0 Å². The van der Waals surface area contributed by atoms with Gasteiger partial charge in [0.15, 0.2) is 0 Å². The van der Waals surface area contributed by atoms with Gasteiger partial charge in [0, 0.05) is 0 Å². The second kappa shape index (κ2) is 6.37. The van der Waals surface area contributed by atoms with Crippen LogP contribution in [0.5, 0.6) is 0 Å². The number of carbonyl (C=O) groups excluding carboxylic acids is 1. The van der Waals surface area contributed by atoms with Gasteiger partial charge in [-0.05, 0) is 0 Å². The van der Waals surface area contributed by atoms with Gasteiger partial charge in [0.1, 0.15) is 0 Å². The van der Waals surface area contributed by atoms with E-state index in [0.717, 1.165) is 44.3 Å². The topological polar surface area (TPSA) is 32.8 Å². The molecular formula is C27H25NO3SSi. The van der Waals surface area contributed by atoms with Crippen molar-refractivity contribution in [2.45, 2.75) is 25.7 Å². The van der Waals surface area contributed by atoms with Gasteiger partial charge in [-0.25, -0.2) is 0 Å². The summed E-state index contributed by atoms with van der Waals surface area (Å²) < 4.78 is 23.9. The summed E-state index contributed by atoms with van der Waals surface area (Å²) in [7, 11) is 0. The molecule has 0 radical (unpaired) electrons. The van der Waals surface area contributed by atoms with Gasteiger partial charge in [0.25, 0.3) is 0 Å². The molecule has 33 heavy (non-hydrogen) atoms. The number of allylic oxidation sites excluding steroid dienone is 4. The predicted molar refractivity (Wildman–Crippen MR) is 135 cm³/mol. The molecule has 0 saturated carbocycles.